The molecule has 1 aromatic rings. The Labute approximate surface area is 121 Å². The molecule has 0 aliphatic heterocycles. The topological polar surface area (TPSA) is 26.3 Å². The third-order valence-corrected chi connectivity index (χ3v) is 4.70. The van der Waals surface area contributed by atoms with Crippen molar-refractivity contribution in [3.8, 4) is 0 Å². The molecule has 0 bridgehead atoms. The van der Waals surface area contributed by atoms with E-state index in [0.29, 0.717) is 13.0 Å². The van der Waals surface area contributed by atoms with Gasteiger partial charge in [0.1, 0.15) is 0 Å². The first-order valence-electron chi connectivity index (χ1n) is 6.50. The lowest BCUT2D eigenvalue weighted by Crippen LogP contribution is -2.26. The van der Waals surface area contributed by atoms with Gasteiger partial charge in [0.15, 0.2) is 5.78 Å². The van der Waals surface area contributed by atoms with Gasteiger partial charge < -0.3 is 4.74 Å². The summed E-state index contributed by atoms with van der Waals surface area (Å²) < 4.78 is 5.95. The van der Waals surface area contributed by atoms with Crippen LogP contribution < -0.4 is 0 Å². The number of hydrogen-bond acceptors (Lipinski definition) is 2. The maximum absolute atomic E-state index is 11.7. The second-order valence-corrected chi connectivity index (χ2v) is 5.87. The average molecular weight is 319 g/mol. The third-order valence-electron chi connectivity index (χ3n) is 3.63. The SMILES string of the molecule is O=C1CCC2=C1C=CC(OCc1ccccc1)C2Br. The summed E-state index contributed by atoms with van der Waals surface area (Å²) in [5.41, 5.74) is 3.25. The molecule has 2 atom stereocenters. The van der Waals surface area contributed by atoms with E-state index in [1.807, 2.05) is 30.4 Å². The van der Waals surface area contributed by atoms with Crippen LogP contribution in [0, 0.1) is 0 Å². The Hall–Kier alpha value is -1.19. The van der Waals surface area contributed by atoms with Gasteiger partial charge in [-0.2, -0.15) is 0 Å². The summed E-state index contributed by atoms with van der Waals surface area (Å²) in [6, 6.07) is 10.1. The van der Waals surface area contributed by atoms with Gasteiger partial charge in [-0.15, -0.1) is 0 Å². The zero-order valence-electron chi connectivity index (χ0n) is 10.5. The largest absolute Gasteiger partial charge is 0.368 e. The van der Waals surface area contributed by atoms with Gasteiger partial charge in [0, 0.05) is 12.0 Å². The highest BCUT2D eigenvalue weighted by Gasteiger charge is 2.33. The molecule has 19 heavy (non-hydrogen) atoms. The van der Waals surface area contributed by atoms with Gasteiger partial charge in [0.2, 0.25) is 0 Å². The summed E-state index contributed by atoms with van der Waals surface area (Å²) in [7, 11) is 0. The fourth-order valence-electron chi connectivity index (χ4n) is 2.58. The highest BCUT2D eigenvalue weighted by molar-refractivity contribution is 9.09. The van der Waals surface area contributed by atoms with Crippen LogP contribution in [0.3, 0.4) is 0 Å². The summed E-state index contributed by atoms with van der Waals surface area (Å²) >= 11 is 3.68. The van der Waals surface area contributed by atoms with Gasteiger partial charge in [-0.3, -0.25) is 4.79 Å². The van der Waals surface area contributed by atoms with Crippen molar-refractivity contribution in [2.75, 3.05) is 0 Å². The van der Waals surface area contributed by atoms with E-state index in [2.05, 4.69) is 28.1 Å². The van der Waals surface area contributed by atoms with Gasteiger partial charge in [0.05, 0.1) is 17.5 Å². The summed E-state index contributed by atoms with van der Waals surface area (Å²) in [6.07, 6.45) is 5.43. The molecule has 3 heteroatoms. The van der Waals surface area contributed by atoms with Crippen molar-refractivity contribution in [1.82, 2.24) is 0 Å². The van der Waals surface area contributed by atoms with Gasteiger partial charge in [-0.1, -0.05) is 58.4 Å². The molecule has 0 radical (unpaired) electrons. The third kappa shape index (κ3) is 2.58. The Bertz CT molecular complexity index is 545. The first-order valence-corrected chi connectivity index (χ1v) is 7.41. The van der Waals surface area contributed by atoms with Crippen LogP contribution in [0.4, 0.5) is 0 Å². The monoisotopic (exact) mass is 318 g/mol. The van der Waals surface area contributed by atoms with Crippen molar-refractivity contribution in [1.29, 1.82) is 0 Å². The maximum atomic E-state index is 11.7. The van der Waals surface area contributed by atoms with Crippen molar-refractivity contribution < 1.29 is 9.53 Å². The number of hydrogen-bond donors (Lipinski definition) is 0. The van der Waals surface area contributed by atoms with Crippen molar-refractivity contribution in [2.24, 2.45) is 0 Å². The average Bonchev–Trinajstić information content (AvgIpc) is 2.82. The number of ether oxygens (including phenoxy) is 1. The van der Waals surface area contributed by atoms with E-state index >= 15 is 0 Å². The maximum Gasteiger partial charge on any atom is 0.163 e. The Morgan fingerprint density at radius 3 is 2.79 bits per heavy atom. The molecule has 0 saturated carbocycles. The van der Waals surface area contributed by atoms with E-state index in [4.69, 9.17) is 4.74 Å². The Kier molecular flexibility index (Phi) is 3.67. The number of ketones is 1. The molecule has 0 fully saturated rings. The number of halogens is 1. The number of benzene rings is 1. The second-order valence-electron chi connectivity index (χ2n) is 4.88. The van der Waals surface area contributed by atoms with Gasteiger partial charge in [-0.25, -0.2) is 0 Å². The molecule has 2 aliphatic carbocycles. The zero-order valence-corrected chi connectivity index (χ0v) is 12.1. The lowest BCUT2D eigenvalue weighted by molar-refractivity contribution is -0.114. The zero-order chi connectivity index (χ0) is 13.2. The summed E-state index contributed by atoms with van der Waals surface area (Å²) in [6.45, 7) is 0.592. The summed E-state index contributed by atoms with van der Waals surface area (Å²) in [5.74, 6) is 0.261. The fourth-order valence-corrected chi connectivity index (χ4v) is 3.38. The van der Waals surface area contributed by atoms with Crippen LogP contribution >= 0.6 is 15.9 Å². The number of allylic oxidation sites excluding steroid dienone is 2. The minimum absolute atomic E-state index is 0.00450. The van der Waals surface area contributed by atoms with E-state index in [1.54, 1.807) is 0 Å². The standard InChI is InChI=1S/C16H15BrO2/c17-16-13-6-8-14(18)12(13)7-9-15(16)19-10-11-4-2-1-3-5-11/h1-5,7,9,15-16H,6,8,10H2. The van der Waals surface area contributed by atoms with Gasteiger partial charge in [0.25, 0.3) is 0 Å². The molecule has 0 N–H and O–H groups in total. The molecule has 0 saturated heterocycles. The summed E-state index contributed by atoms with van der Waals surface area (Å²) in [4.78, 5) is 11.8. The second kappa shape index (κ2) is 5.43. The minimum atomic E-state index is 0.00450. The highest BCUT2D eigenvalue weighted by atomic mass is 79.9. The van der Waals surface area contributed by atoms with Crippen LogP contribution in [0.5, 0.6) is 0 Å². The number of Topliss-reactive ketones (excluding diaryl/α,β-unsaturated/α-hetero) is 1. The number of rotatable bonds is 3. The molecule has 3 rings (SSSR count). The van der Waals surface area contributed by atoms with Crippen LogP contribution in [0.15, 0.2) is 53.6 Å². The van der Waals surface area contributed by atoms with E-state index in [0.717, 1.165) is 17.6 Å². The first-order chi connectivity index (χ1) is 9.25. The van der Waals surface area contributed by atoms with Crippen molar-refractivity contribution >= 4 is 21.7 Å². The minimum Gasteiger partial charge on any atom is -0.368 e. The fraction of sp³-hybridized carbons (Fsp3) is 0.312. The molecule has 2 nitrogen and oxygen atoms in total. The van der Waals surface area contributed by atoms with Crippen molar-refractivity contribution in [2.45, 2.75) is 30.4 Å². The lowest BCUT2D eigenvalue weighted by atomic mass is 9.97. The van der Waals surface area contributed by atoms with Crippen LogP contribution in [0.25, 0.3) is 0 Å². The first kappa shape index (κ1) is 12.8. The molecule has 98 valence electrons. The van der Waals surface area contributed by atoms with Crippen LogP contribution in [-0.4, -0.2) is 16.7 Å². The molecule has 0 aromatic heterocycles. The molecule has 2 unspecified atom stereocenters. The van der Waals surface area contributed by atoms with E-state index < -0.39 is 0 Å². The van der Waals surface area contributed by atoms with Crippen molar-refractivity contribution in [3.05, 3.63) is 59.2 Å². The lowest BCUT2D eigenvalue weighted by Gasteiger charge is -2.25. The van der Waals surface area contributed by atoms with E-state index in [9.17, 15) is 4.79 Å². The van der Waals surface area contributed by atoms with Crippen LogP contribution in [-0.2, 0) is 16.1 Å². The quantitative estimate of drug-likeness (QED) is 0.796. The predicted molar refractivity (Wildman–Crippen MR) is 78.1 cm³/mol. The Balaban J connectivity index is 1.67. The van der Waals surface area contributed by atoms with Crippen LogP contribution in [0.2, 0.25) is 0 Å². The number of carbonyl (C=O) groups excluding carboxylic acids is 1. The molecule has 0 heterocycles. The smallest absolute Gasteiger partial charge is 0.163 e. The summed E-state index contributed by atoms with van der Waals surface area (Å²) in [5, 5.41) is 0. The molecular weight excluding hydrogens is 304 g/mol. The normalized spacial score (nSPS) is 25.8. The molecule has 0 spiro atoms. The van der Waals surface area contributed by atoms with Crippen molar-refractivity contribution in [3.63, 3.8) is 0 Å². The molecular formula is C16H15BrO2. The molecule has 1 aromatic carbocycles. The number of alkyl halides is 1. The van der Waals surface area contributed by atoms with Crippen LogP contribution in [0.1, 0.15) is 18.4 Å². The molecule has 2 aliphatic rings. The van der Waals surface area contributed by atoms with E-state index in [-0.39, 0.29) is 16.7 Å². The Morgan fingerprint density at radius 2 is 2.00 bits per heavy atom. The predicted octanol–water partition coefficient (Wildman–Crippen LogP) is 3.56. The van der Waals surface area contributed by atoms with Gasteiger partial charge in [-0.05, 0) is 17.6 Å². The Morgan fingerprint density at radius 1 is 1.21 bits per heavy atom. The number of carbonyl (C=O) groups is 1. The molecule has 0 amide bonds. The van der Waals surface area contributed by atoms with E-state index in [1.165, 1.54) is 5.57 Å². The highest BCUT2D eigenvalue weighted by Crippen LogP contribution is 2.36. The van der Waals surface area contributed by atoms with Gasteiger partial charge >= 0.3 is 0 Å².